The molecular weight excluding hydrogens is 1720 g/mol. The van der Waals surface area contributed by atoms with E-state index in [4.69, 9.17) is 11.5 Å². The molecule has 5 saturated heterocycles. The SMILES string of the molecule is CC(C)C[C@@H]1NC(=O)[C@H](CCC(=O)O)NC(=O)[C@@H]2CCCN2C(=O)[C@H](CC(N)=O)NC(=O)C(CO)NC(=O)[C@H](C(C)C)NC(=O)[C@H](Cc2cnc[nH]2)NC(=O)[C@@H]2CSSC[C@H](NC(=O)[C@H](CCC(=O)O)NC(=O)[C@@H]3CCCN3)C(=O)N[C@@H](CSSCC(C(N)=O)NC1=O)C(=O)N[C@@H]([C@@H](C)O)C(=O)N[C@@H](Cc1cnc[nH]1)C(=O)N1CCC[C@H]1C(=O)N[C@@H](C)C(=O)N2. The number of primary amides is 2. The van der Waals surface area contributed by atoms with E-state index in [1.54, 1.807) is 13.8 Å². The monoisotopic (exact) mass is 1830 g/mol. The maximum Gasteiger partial charge on any atom is 0.303 e. The Morgan fingerprint density at radius 2 is 1.02 bits per heavy atom. The predicted molar refractivity (Wildman–Crippen MR) is 447 cm³/mol. The lowest BCUT2D eigenvalue weighted by atomic mass is 10.0. The molecule has 5 aliphatic heterocycles. The number of aliphatic hydroxyl groups excluding tert-OH is 2. The van der Waals surface area contributed by atoms with Gasteiger partial charge in [-0.1, -0.05) is 70.9 Å². The van der Waals surface area contributed by atoms with Crippen molar-refractivity contribution in [1.82, 2.24) is 109 Å². The quantitative estimate of drug-likeness (QED) is 0.0487. The van der Waals surface area contributed by atoms with Crippen molar-refractivity contribution in [1.29, 1.82) is 0 Å². The van der Waals surface area contributed by atoms with Crippen LogP contribution in [-0.2, 0) is 109 Å². The van der Waals surface area contributed by atoms with Crippen LogP contribution >= 0.6 is 43.2 Å². The van der Waals surface area contributed by atoms with Gasteiger partial charge in [0.05, 0.1) is 37.8 Å². The summed E-state index contributed by atoms with van der Waals surface area (Å²) < 4.78 is 0. The number of aromatic nitrogens is 4. The predicted octanol–water partition coefficient (Wildman–Crippen LogP) is -8.59. The van der Waals surface area contributed by atoms with Gasteiger partial charge in [0.25, 0.3) is 0 Å². The van der Waals surface area contributed by atoms with Crippen LogP contribution in [0.1, 0.15) is 130 Å². The zero-order valence-electron chi connectivity index (χ0n) is 69.4. The van der Waals surface area contributed by atoms with Crippen molar-refractivity contribution in [2.75, 3.05) is 49.3 Å². The van der Waals surface area contributed by atoms with Crippen LogP contribution < -0.4 is 91.2 Å². The van der Waals surface area contributed by atoms with Gasteiger partial charge in [0, 0.05) is 85.6 Å². The Kier molecular flexibility index (Phi) is 39.8. The topological polar surface area (TPSA) is 719 Å². The number of aliphatic carboxylic acids is 2. The summed E-state index contributed by atoms with van der Waals surface area (Å²) in [6.45, 7) is 7.47. The number of carbonyl (C=O) groups is 20. The number of H-pyrrole nitrogens is 2. The van der Waals surface area contributed by atoms with E-state index in [-0.39, 0.29) is 63.0 Å². The van der Waals surface area contributed by atoms with Gasteiger partial charge in [-0.15, -0.1) is 0 Å². The van der Waals surface area contributed by atoms with Crippen molar-refractivity contribution in [2.45, 2.75) is 240 Å². The second kappa shape index (κ2) is 49.1. The molecular formula is C74H111N23O24S4. The lowest BCUT2D eigenvalue weighted by Gasteiger charge is -2.31. The van der Waals surface area contributed by atoms with E-state index in [1.165, 1.54) is 45.8 Å². The second-order valence-electron chi connectivity index (χ2n) is 31.3. The Morgan fingerprint density at radius 3 is 1.56 bits per heavy atom. The number of hydrogen-bond donors (Lipinski definition) is 23. The third-order valence-corrected chi connectivity index (χ3v) is 25.6. The maximum absolute atomic E-state index is 15.4. The van der Waals surface area contributed by atoms with Crippen LogP contribution in [0.15, 0.2) is 25.0 Å². The lowest BCUT2D eigenvalue weighted by Crippen LogP contribution is -2.62. The minimum atomic E-state index is -2.00. The summed E-state index contributed by atoms with van der Waals surface area (Å²) in [5.74, 6) is -26.1. The summed E-state index contributed by atoms with van der Waals surface area (Å²) >= 11 is 0. The molecule has 18 amide bonds. The average molecular weight is 1840 g/mol. The van der Waals surface area contributed by atoms with Crippen molar-refractivity contribution in [2.24, 2.45) is 23.3 Å². The molecule has 690 valence electrons. The molecule has 0 aliphatic carbocycles. The Hall–Kier alpha value is -10.9. The summed E-state index contributed by atoms with van der Waals surface area (Å²) in [6, 6.07) is -28.4. The molecule has 2 bridgehead atoms. The highest BCUT2D eigenvalue weighted by Crippen LogP contribution is 2.28. The molecule has 5 aliphatic rings. The molecule has 0 radical (unpaired) electrons. The second-order valence-corrected chi connectivity index (χ2v) is 36.4. The van der Waals surface area contributed by atoms with Crippen LogP contribution in [0.5, 0.6) is 0 Å². The molecule has 18 atom stereocenters. The fraction of sp³-hybridized carbons (Fsp3) is 0.649. The van der Waals surface area contributed by atoms with Crippen LogP contribution in [-0.4, -0.2) is 326 Å². The van der Waals surface area contributed by atoms with E-state index in [1.807, 2.05) is 0 Å². The van der Waals surface area contributed by atoms with Crippen LogP contribution in [0.25, 0.3) is 0 Å². The molecule has 0 spiro atoms. The summed E-state index contributed by atoms with van der Waals surface area (Å²) in [4.78, 5) is 301. The number of fused-ring (bicyclic) bond motifs is 10. The molecule has 125 heavy (non-hydrogen) atoms. The summed E-state index contributed by atoms with van der Waals surface area (Å²) in [5, 5.41) is 79.7. The van der Waals surface area contributed by atoms with Crippen molar-refractivity contribution in [3.8, 4) is 0 Å². The molecule has 7 rings (SSSR count). The number of nitrogens with zero attached hydrogens (tertiary/aromatic N) is 4. The molecule has 51 heteroatoms. The standard InChI is InChI=1S/C74H111N23O24S4/c1-33(2)20-42-63(110)90-47(58(76)105)27-122-123-30-50-68(115)95-57(36(6)99)72(119)88-44(22-38-25-78-32-81-38)73(120)96-18-8-11-51(96)69(116)82-35(5)59(106)91-48(28-124-125-29-49(67(114)93-50)92-62(109)40(13-15-54(101)102)83-60(107)39-10-7-17-79-39)66(113)86-43(21-37-24-77-31-80-37)64(111)94-56(34(3)4)71(118)89-46(26-98)65(112)87-45(23-53(75)100)74(121)97-19-9-12-52(97)70(117)84-41(61(108)85-42)14-16-55(103)104/h24-25,31-36,39-52,56-57,79,98-99H,7-23,26-30H2,1-6H3,(H2,75,100)(H2,76,105)(H,77,80)(H,78,81)(H,82,116)(H,83,107)(H,84,117)(H,85,108)(H,86,113)(H,87,112)(H,88,119)(H,89,118)(H,90,110)(H,91,106)(H,92,109)(H,93,114)(H,94,111)(H,95,115)(H,101,102)(H,103,104)/t35-,36+,39-,40-,41-,42-,43-,44-,45-,46?,47?,48-,49-,50-,51-,52-,56-,57-/m0/s1. The van der Waals surface area contributed by atoms with E-state index >= 15 is 14.4 Å². The number of carboxylic acids is 2. The third kappa shape index (κ3) is 31.0. The number of aromatic amines is 2. The highest BCUT2D eigenvalue weighted by molar-refractivity contribution is 8.77. The molecule has 25 N–H and O–H groups in total. The molecule has 2 unspecified atom stereocenters. The largest absolute Gasteiger partial charge is 0.481 e. The van der Waals surface area contributed by atoms with Crippen molar-refractivity contribution in [3.05, 3.63) is 36.4 Å². The minimum Gasteiger partial charge on any atom is -0.481 e. The fourth-order valence-electron chi connectivity index (χ4n) is 14.0. The molecule has 47 nitrogen and oxygen atoms in total. The Bertz CT molecular complexity index is 4200. The summed E-state index contributed by atoms with van der Waals surface area (Å²) in [7, 11) is 2.95. The Morgan fingerprint density at radius 1 is 0.520 bits per heavy atom. The highest BCUT2D eigenvalue weighted by Gasteiger charge is 2.45. The summed E-state index contributed by atoms with van der Waals surface area (Å²) in [6.07, 6.45) is -0.181. The van der Waals surface area contributed by atoms with Gasteiger partial charge < -0.3 is 131 Å². The zero-order valence-corrected chi connectivity index (χ0v) is 72.7. The molecule has 7 heterocycles. The molecule has 0 aromatic carbocycles. The van der Waals surface area contributed by atoms with Gasteiger partial charge in [0.2, 0.25) is 106 Å². The fourth-order valence-corrected chi connectivity index (χ4v) is 18.6. The van der Waals surface area contributed by atoms with Crippen LogP contribution in [0, 0.1) is 11.8 Å². The van der Waals surface area contributed by atoms with Gasteiger partial charge >= 0.3 is 11.9 Å². The number of carbonyl (C=O) groups excluding carboxylic acids is 18. The van der Waals surface area contributed by atoms with Crippen LogP contribution in [0.4, 0.5) is 0 Å². The normalized spacial score (nSPS) is 28.0. The van der Waals surface area contributed by atoms with Crippen molar-refractivity contribution < 1.29 is 116 Å². The average Bonchev–Trinajstić information content (AvgIpc) is 1.72. The number of imidazole rings is 2. The smallest absolute Gasteiger partial charge is 0.303 e. The number of rotatable bonds is 22. The van der Waals surface area contributed by atoms with Crippen LogP contribution in [0.3, 0.4) is 0 Å². The first-order valence-electron chi connectivity index (χ1n) is 40.6. The van der Waals surface area contributed by atoms with Crippen LogP contribution in [0.2, 0.25) is 0 Å². The molecule has 0 saturated carbocycles. The number of carboxylic acid groups (broad SMARTS) is 2. The third-order valence-electron chi connectivity index (χ3n) is 20.7. The first-order valence-corrected chi connectivity index (χ1v) is 45.5. The van der Waals surface area contributed by atoms with Gasteiger partial charge in [-0.25, -0.2) is 9.97 Å². The highest BCUT2D eigenvalue weighted by atomic mass is 33.1. The first kappa shape index (κ1) is 101. The number of amides is 18. The molecule has 5 fully saturated rings. The van der Waals surface area contributed by atoms with E-state index in [2.05, 4.69) is 99.7 Å². The number of nitrogens with one attached hydrogen (secondary N) is 17. The molecule has 2 aromatic heterocycles. The summed E-state index contributed by atoms with van der Waals surface area (Å²) in [5.41, 5.74) is 11.9. The maximum atomic E-state index is 15.4. The zero-order chi connectivity index (χ0) is 92.1. The van der Waals surface area contributed by atoms with Crippen molar-refractivity contribution in [3.63, 3.8) is 0 Å². The first-order chi connectivity index (χ1) is 59.2. The van der Waals surface area contributed by atoms with Gasteiger partial charge in [0.15, 0.2) is 0 Å². The number of hydrogen-bond acceptors (Lipinski definition) is 29. The van der Waals surface area contributed by atoms with E-state index in [9.17, 15) is 102 Å². The van der Waals surface area contributed by atoms with Crippen molar-refractivity contribution >= 4 is 161 Å². The lowest BCUT2D eigenvalue weighted by molar-refractivity contribution is -0.144. The van der Waals surface area contributed by atoms with E-state index in [0.717, 1.165) is 59.9 Å². The van der Waals surface area contributed by atoms with Gasteiger partial charge in [-0.2, -0.15) is 0 Å². The van der Waals surface area contributed by atoms with Gasteiger partial charge in [0.1, 0.15) is 96.7 Å². The van der Waals surface area contributed by atoms with E-state index in [0.29, 0.717) is 19.4 Å². The van der Waals surface area contributed by atoms with Gasteiger partial charge in [-0.3, -0.25) is 95.9 Å². The van der Waals surface area contributed by atoms with E-state index < -0.39 is 307 Å². The number of nitrogens with two attached hydrogens (primary N) is 2. The van der Waals surface area contributed by atoms with Gasteiger partial charge in [-0.05, 0) is 90.0 Å². The Balaban J connectivity index is 1.37. The minimum absolute atomic E-state index is 0.0113. The Labute approximate surface area is 732 Å². The molecule has 2 aromatic rings. The number of aliphatic hydroxyl groups is 2.